The molecule has 0 aliphatic carbocycles. The molecule has 200 valence electrons. The van der Waals surface area contributed by atoms with Crippen molar-refractivity contribution in [2.75, 3.05) is 0 Å². The number of hydrogen-bond donors (Lipinski definition) is 0. The van der Waals surface area contributed by atoms with Crippen LogP contribution in [-0.4, -0.2) is 59.8 Å². The van der Waals surface area contributed by atoms with E-state index in [2.05, 4.69) is 11.3 Å². The van der Waals surface area contributed by atoms with Crippen molar-refractivity contribution in [3.8, 4) is 0 Å². The number of carbonyl (C=O) groups is 2. The van der Waals surface area contributed by atoms with Crippen LogP contribution in [0.3, 0.4) is 0 Å². The lowest BCUT2D eigenvalue weighted by Gasteiger charge is -2.42. The summed E-state index contributed by atoms with van der Waals surface area (Å²) in [6, 6.07) is 0. The third-order valence-corrected chi connectivity index (χ3v) is 3.58. The van der Waals surface area contributed by atoms with Crippen LogP contribution in [0.1, 0.15) is 6.42 Å². The largest absolute Gasteiger partial charge is 0.545 e. The monoisotopic (exact) mass is 547 g/mol. The highest BCUT2D eigenvalue weighted by Crippen LogP contribution is 2.64. The standard InChI is InChI=1S/C13H5F17O4/c1-3(5(32)33)2-4(31)34-13(29,30)11(24,25)9(20,21)7(16,17)6(14,15)8(18,19)10(22,23)12(26,27)28/h1-2H2,(H,32,33)/p-1. The summed E-state index contributed by atoms with van der Waals surface area (Å²) in [5.41, 5.74) is -1.60. The quantitative estimate of drug-likeness (QED) is 0.234. The minimum Gasteiger partial charge on any atom is -0.545 e. The normalized spacial score (nSPS) is 15.2. The smallest absolute Gasteiger partial charge is 0.473 e. The fourth-order valence-corrected chi connectivity index (χ4v) is 1.64. The summed E-state index contributed by atoms with van der Waals surface area (Å²) < 4.78 is 222. The topological polar surface area (TPSA) is 66.4 Å². The van der Waals surface area contributed by atoms with E-state index in [1.54, 1.807) is 0 Å². The first-order chi connectivity index (χ1) is 14.5. The lowest BCUT2D eigenvalue weighted by molar-refractivity contribution is -0.474. The van der Waals surface area contributed by atoms with Gasteiger partial charge in [0.05, 0.1) is 12.4 Å². The van der Waals surface area contributed by atoms with Gasteiger partial charge in [0, 0.05) is 0 Å². The van der Waals surface area contributed by atoms with Gasteiger partial charge < -0.3 is 14.6 Å². The first-order valence-electron chi connectivity index (χ1n) is 7.29. The second-order valence-corrected chi connectivity index (χ2v) is 6.00. The van der Waals surface area contributed by atoms with E-state index in [4.69, 9.17) is 0 Å². The number of alkyl halides is 17. The van der Waals surface area contributed by atoms with Crippen molar-refractivity contribution in [2.45, 2.75) is 54.2 Å². The van der Waals surface area contributed by atoms with Crippen LogP contribution in [0.25, 0.3) is 0 Å². The third-order valence-electron chi connectivity index (χ3n) is 3.58. The molecule has 4 nitrogen and oxygen atoms in total. The Kier molecular flexibility index (Phi) is 7.70. The molecule has 0 atom stereocenters. The van der Waals surface area contributed by atoms with E-state index < -0.39 is 71.8 Å². The first-order valence-corrected chi connectivity index (χ1v) is 7.29. The van der Waals surface area contributed by atoms with Crippen LogP contribution in [-0.2, 0) is 14.3 Å². The Bertz CT molecular complexity index is 826. The van der Waals surface area contributed by atoms with Crippen molar-refractivity contribution in [3.63, 3.8) is 0 Å². The summed E-state index contributed by atoms with van der Waals surface area (Å²) in [6.45, 7) is 2.37. The number of carbonyl (C=O) groups excluding carboxylic acids is 2. The Balaban J connectivity index is 6.52. The van der Waals surface area contributed by atoms with E-state index in [9.17, 15) is 89.3 Å². The third kappa shape index (κ3) is 4.43. The molecule has 0 fully saturated rings. The molecule has 0 aromatic rings. The van der Waals surface area contributed by atoms with Gasteiger partial charge in [-0.3, -0.25) is 4.79 Å². The molecule has 0 amide bonds. The second-order valence-electron chi connectivity index (χ2n) is 6.00. The molecule has 0 aromatic heterocycles. The predicted octanol–water partition coefficient (Wildman–Crippen LogP) is 4.19. The number of halogens is 17. The average molecular weight is 547 g/mol. The molecule has 0 rings (SSSR count). The lowest BCUT2D eigenvalue weighted by atomic mass is 9.90. The van der Waals surface area contributed by atoms with Gasteiger partial charge in [0.25, 0.3) is 0 Å². The van der Waals surface area contributed by atoms with E-state index in [1.807, 2.05) is 0 Å². The Morgan fingerprint density at radius 3 is 1.18 bits per heavy atom. The molecule has 34 heavy (non-hydrogen) atoms. The predicted molar refractivity (Wildman–Crippen MR) is 65.5 cm³/mol. The summed E-state index contributed by atoms with van der Waals surface area (Å²) in [5.74, 6) is -57.0. The average Bonchev–Trinajstić information content (AvgIpc) is 2.58. The molecule has 0 radical (unpaired) electrons. The van der Waals surface area contributed by atoms with Crippen LogP contribution in [0.5, 0.6) is 0 Å². The fraction of sp³-hybridized carbons (Fsp3) is 0.692. The van der Waals surface area contributed by atoms with Crippen molar-refractivity contribution in [3.05, 3.63) is 12.2 Å². The van der Waals surface area contributed by atoms with Crippen molar-refractivity contribution in [2.24, 2.45) is 0 Å². The van der Waals surface area contributed by atoms with Gasteiger partial charge in [0.2, 0.25) is 0 Å². The molecule has 0 saturated carbocycles. The van der Waals surface area contributed by atoms with Crippen LogP contribution in [0, 0.1) is 0 Å². The Labute approximate surface area is 173 Å². The van der Waals surface area contributed by atoms with Crippen LogP contribution >= 0.6 is 0 Å². The Morgan fingerprint density at radius 2 is 0.882 bits per heavy atom. The zero-order valence-corrected chi connectivity index (χ0v) is 15.0. The van der Waals surface area contributed by atoms with Crippen LogP contribution in [0.4, 0.5) is 74.6 Å². The molecular formula is C13H4F17O4-. The number of aliphatic carboxylic acids is 1. The number of rotatable bonds is 10. The van der Waals surface area contributed by atoms with Gasteiger partial charge in [-0.05, 0) is 5.57 Å². The second kappa shape index (κ2) is 8.31. The van der Waals surface area contributed by atoms with Gasteiger partial charge in [0.1, 0.15) is 0 Å². The van der Waals surface area contributed by atoms with Crippen molar-refractivity contribution in [1.29, 1.82) is 0 Å². The van der Waals surface area contributed by atoms with Crippen LogP contribution < -0.4 is 5.11 Å². The molecule has 0 N–H and O–H groups in total. The zero-order chi connectivity index (χ0) is 28.1. The fourth-order valence-electron chi connectivity index (χ4n) is 1.64. The lowest BCUT2D eigenvalue weighted by Crippen LogP contribution is -2.74. The number of carboxylic acids is 1. The highest BCUT2D eigenvalue weighted by molar-refractivity contribution is 5.90. The highest BCUT2D eigenvalue weighted by Gasteiger charge is 2.95. The van der Waals surface area contributed by atoms with E-state index >= 15 is 0 Å². The van der Waals surface area contributed by atoms with Crippen molar-refractivity contribution >= 4 is 11.9 Å². The SMILES string of the molecule is C=C(CC(=O)OC(F)(F)C(F)(F)C(F)(F)C(F)(F)C(F)(F)C(F)(F)C(F)(F)C(F)(F)F)C(=O)[O-]. The van der Waals surface area contributed by atoms with Crippen LogP contribution in [0.15, 0.2) is 12.2 Å². The molecule has 0 aliphatic rings. The van der Waals surface area contributed by atoms with Gasteiger partial charge in [-0.2, -0.15) is 74.6 Å². The maximum absolute atomic E-state index is 13.4. The molecule has 0 heterocycles. The Morgan fingerprint density at radius 1 is 0.588 bits per heavy atom. The number of carboxylic acid groups (broad SMARTS) is 1. The maximum atomic E-state index is 13.4. The first kappa shape index (κ1) is 31.5. The minimum absolute atomic E-state index is 1.60. The number of hydrogen-bond acceptors (Lipinski definition) is 4. The maximum Gasteiger partial charge on any atom is 0.473 e. The van der Waals surface area contributed by atoms with Gasteiger partial charge in [-0.15, -0.1) is 0 Å². The van der Waals surface area contributed by atoms with E-state index in [0.29, 0.717) is 0 Å². The van der Waals surface area contributed by atoms with Gasteiger partial charge in [-0.25, -0.2) is 0 Å². The van der Waals surface area contributed by atoms with Crippen LogP contribution in [0.2, 0.25) is 0 Å². The van der Waals surface area contributed by atoms with Gasteiger partial charge in [0.15, 0.2) is 0 Å². The van der Waals surface area contributed by atoms with Gasteiger partial charge >= 0.3 is 53.8 Å². The molecule has 21 heteroatoms. The minimum atomic E-state index is -8.83. The van der Waals surface area contributed by atoms with Gasteiger partial charge in [-0.1, -0.05) is 6.58 Å². The molecule has 0 spiro atoms. The molecular weight excluding hydrogens is 543 g/mol. The zero-order valence-electron chi connectivity index (χ0n) is 15.0. The molecule has 0 bridgehead atoms. The summed E-state index contributed by atoms with van der Waals surface area (Å²) in [5, 5.41) is 10.2. The van der Waals surface area contributed by atoms with E-state index in [0.717, 1.165) is 0 Å². The molecule has 0 unspecified atom stereocenters. The van der Waals surface area contributed by atoms with Crippen molar-refractivity contribution in [1.82, 2.24) is 0 Å². The summed E-state index contributed by atoms with van der Waals surface area (Å²) >= 11 is 0. The Hall–Kier alpha value is -2.51. The molecule has 0 aromatic carbocycles. The summed E-state index contributed by atoms with van der Waals surface area (Å²) in [6.07, 6.45) is -17.4. The molecule has 0 aliphatic heterocycles. The van der Waals surface area contributed by atoms with Crippen molar-refractivity contribution < 1.29 is 94.1 Å². The number of ether oxygens (including phenoxy) is 1. The summed E-state index contributed by atoms with van der Waals surface area (Å²) in [4.78, 5) is 21.1. The highest BCUT2D eigenvalue weighted by atomic mass is 19.4. The number of esters is 1. The van der Waals surface area contributed by atoms with E-state index in [-0.39, 0.29) is 0 Å². The van der Waals surface area contributed by atoms with E-state index in [1.165, 1.54) is 0 Å². The molecule has 0 saturated heterocycles. The summed E-state index contributed by atoms with van der Waals surface area (Å²) in [7, 11) is 0.